The maximum absolute atomic E-state index is 10.8. The Balaban J connectivity index is 2.49. The third-order valence-electron chi connectivity index (χ3n) is 2.24. The largest absolute Gasteiger partial charge is 0.393 e. The zero-order chi connectivity index (χ0) is 8.48. The van der Waals surface area contributed by atoms with E-state index < -0.39 is 12.2 Å². The summed E-state index contributed by atoms with van der Waals surface area (Å²) < 4.78 is 0. The number of aliphatic hydroxyl groups is 2. The highest BCUT2D eigenvalue weighted by molar-refractivity contribution is 5.84. The Morgan fingerprint density at radius 3 is 2.45 bits per heavy atom. The van der Waals surface area contributed by atoms with E-state index in [1.807, 2.05) is 0 Å². The topological polar surface area (TPSA) is 57.5 Å². The van der Waals surface area contributed by atoms with Crippen molar-refractivity contribution >= 4 is 5.78 Å². The second-order valence-corrected chi connectivity index (χ2v) is 3.39. The van der Waals surface area contributed by atoms with E-state index in [0.29, 0.717) is 12.3 Å². The van der Waals surface area contributed by atoms with Crippen LogP contribution in [0.5, 0.6) is 0 Å². The Morgan fingerprint density at radius 2 is 2.18 bits per heavy atom. The van der Waals surface area contributed by atoms with Crippen LogP contribution in [0.15, 0.2) is 0 Å². The van der Waals surface area contributed by atoms with Gasteiger partial charge in [0.05, 0.1) is 6.61 Å². The van der Waals surface area contributed by atoms with E-state index in [1.165, 1.54) is 6.92 Å². The van der Waals surface area contributed by atoms with Crippen LogP contribution in [0.25, 0.3) is 0 Å². The minimum Gasteiger partial charge on any atom is -0.393 e. The van der Waals surface area contributed by atoms with Gasteiger partial charge >= 0.3 is 0 Å². The Morgan fingerprint density at radius 1 is 1.64 bits per heavy atom. The molecule has 64 valence electrons. The molecule has 0 aromatic carbocycles. The van der Waals surface area contributed by atoms with E-state index in [-0.39, 0.29) is 5.78 Å². The van der Waals surface area contributed by atoms with E-state index in [9.17, 15) is 9.90 Å². The average Bonchev–Trinajstić information content (AvgIpc) is 2.71. The summed E-state index contributed by atoms with van der Waals surface area (Å²) in [5, 5.41) is 18.3. The summed E-state index contributed by atoms with van der Waals surface area (Å²) >= 11 is 0. The van der Waals surface area contributed by atoms with Crippen molar-refractivity contribution in [1.29, 1.82) is 0 Å². The molecule has 1 saturated carbocycles. The number of hydrogen-bond donors (Lipinski definition) is 2. The van der Waals surface area contributed by atoms with E-state index in [2.05, 4.69) is 0 Å². The lowest BCUT2D eigenvalue weighted by Crippen LogP contribution is -2.41. The lowest BCUT2D eigenvalue weighted by atomic mass is 9.94. The molecule has 0 heterocycles. The summed E-state index contributed by atoms with van der Waals surface area (Å²) in [5.74, 6) is 0.128. The number of hydrogen-bond acceptors (Lipinski definition) is 3. The number of ketones is 1. The van der Waals surface area contributed by atoms with Crippen molar-refractivity contribution in [2.75, 3.05) is 6.61 Å². The van der Waals surface area contributed by atoms with E-state index in [1.54, 1.807) is 0 Å². The Bertz CT molecular complexity index is 163. The monoisotopic (exact) mass is 158 g/mol. The second kappa shape index (κ2) is 2.91. The number of carbonyl (C=O) groups is 1. The molecule has 0 saturated heterocycles. The molecular formula is C8H14O3. The van der Waals surface area contributed by atoms with Gasteiger partial charge in [-0.25, -0.2) is 0 Å². The zero-order valence-electron chi connectivity index (χ0n) is 6.71. The molecule has 1 fully saturated rings. The van der Waals surface area contributed by atoms with Crippen molar-refractivity contribution in [3.8, 4) is 0 Å². The highest BCUT2D eigenvalue weighted by atomic mass is 16.3. The summed E-state index contributed by atoms with van der Waals surface area (Å²) in [4.78, 5) is 10.8. The summed E-state index contributed by atoms with van der Waals surface area (Å²) in [6.07, 6.45) is 2.59. The van der Waals surface area contributed by atoms with Gasteiger partial charge in [-0.2, -0.15) is 0 Å². The third kappa shape index (κ3) is 2.01. The first-order valence-corrected chi connectivity index (χ1v) is 3.93. The van der Waals surface area contributed by atoms with Gasteiger partial charge in [0.2, 0.25) is 0 Å². The van der Waals surface area contributed by atoms with Crippen LogP contribution in [-0.4, -0.2) is 28.2 Å². The fraction of sp³-hybridized carbons (Fsp3) is 0.875. The predicted molar refractivity (Wildman–Crippen MR) is 40.1 cm³/mol. The number of rotatable bonds is 4. The van der Waals surface area contributed by atoms with Gasteiger partial charge in [0, 0.05) is 0 Å². The predicted octanol–water partition coefficient (Wildman–Crippen LogP) is 0.0989. The van der Waals surface area contributed by atoms with Gasteiger partial charge < -0.3 is 10.2 Å². The summed E-state index contributed by atoms with van der Waals surface area (Å²) in [6, 6.07) is 0. The molecule has 1 aliphatic carbocycles. The molecular weight excluding hydrogens is 144 g/mol. The van der Waals surface area contributed by atoms with Gasteiger partial charge in [0.1, 0.15) is 5.60 Å². The van der Waals surface area contributed by atoms with Crippen LogP contribution in [0.4, 0.5) is 0 Å². The summed E-state index contributed by atoms with van der Waals surface area (Å²) in [7, 11) is 0. The fourth-order valence-electron chi connectivity index (χ4n) is 1.12. The first kappa shape index (κ1) is 8.68. The van der Waals surface area contributed by atoms with Crippen molar-refractivity contribution in [1.82, 2.24) is 0 Å². The molecule has 0 bridgehead atoms. The normalized spacial score (nSPS) is 22.8. The number of Topliss-reactive ketones (excluding diaryl/α,β-unsaturated/α-hetero) is 1. The smallest absolute Gasteiger partial charge is 0.163 e. The minimum atomic E-state index is -1.46. The summed E-state index contributed by atoms with van der Waals surface area (Å²) in [6.45, 7) is 0.872. The molecule has 0 aromatic heterocycles. The SMILES string of the molecule is CC(=O)C(O)(CO)CC1CC1. The van der Waals surface area contributed by atoms with Gasteiger partial charge in [-0.05, 0) is 19.3 Å². The van der Waals surface area contributed by atoms with E-state index in [4.69, 9.17) is 5.11 Å². The summed E-state index contributed by atoms with van der Waals surface area (Å²) in [5.41, 5.74) is -1.46. The van der Waals surface area contributed by atoms with Gasteiger partial charge in [-0.3, -0.25) is 4.79 Å². The first-order valence-electron chi connectivity index (χ1n) is 3.93. The van der Waals surface area contributed by atoms with Gasteiger partial charge in [-0.1, -0.05) is 12.8 Å². The van der Waals surface area contributed by atoms with Crippen LogP contribution >= 0.6 is 0 Å². The average molecular weight is 158 g/mol. The molecule has 3 nitrogen and oxygen atoms in total. The molecule has 11 heavy (non-hydrogen) atoms. The van der Waals surface area contributed by atoms with Crippen molar-refractivity contribution in [2.24, 2.45) is 5.92 Å². The molecule has 1 atom stereocenters. The molecule has 0 amide bonds. The fourth-order valence-corrected chi connectivity index (χ4v) is 1.12. The minimum absolute atomic E-state index is 0.327. The molecule has 0 aliphatic heterocycles. The van der Waals surface area contributed by atoms with Gasteiger partial charge in [-0.15, -0.1) is 0 Å². The van der Waals surface area contributed by atoms with Crippen molar-refractivity contribution in [2.45, 2.75) is 31.8 Å². The van der Waals surface area contributed by atoms with E-state index in [0.717, 1.165) is 12.8 Å². The molecule has 1 aliphatic rings. The standard InChI is InChI=1S/C8H14O3/c1-6(10)8(11,5-9)4-7-2-3-7/h7,9,11H,2-5H2,1H3. The third-order valence-corrected chi connectivity index (χ3v) is 2.24. The number of aliphatic hydroxyl groups excluding tert-OH is 1. The molecule has 1 unspecified atom stereocenters. The van der Waals surface area contributed by atoms with Crippen molar-refractivity contribution < 1.29 is 15.0 Å². The molecule has 0 aromatic rings. The highest BCUT2D eigenvalue weighted by Crippen LogP contribution is 2.36. The lowest BCUT2D eigenvalue weighted by Gasteiger charge is -2.21. The molecule has 3 heteroatoms. The van der Waals surface area contributed by atoms with E-state index >= 15 is 0 Å². The van der Waals surface area contributed by atoms with Crippen molar-refractivity contribution in [3.05, 3.63) is 0 Å². The quantitative estimate of drug-likeness (QED) is 0.610. The zero-order valence-corrected chi connectivity index (χ0v) is 6.71. The maximum Gasteiger partial charge on any atom is 0.163 e. The van der Waals surface area contributed by atoms with Crippen molar-refractivity contribution in [3.63, 3.8) is 0 Å². The van der Waals surface area contributed by atoms with Gasteiger partial charge in [0.15, 0.2) is 5.78 Å². The van der Waals surface area contributed by atoms with Crippen LogP contribution < -0.4 is 0 Å². The van der Waals surface area contributed by atoms with Crippen LogP contribution in [0, 0.1) is 5.92 Å². The first-order chi connectivity index (χ1) is 5.08. The van der Waals surface area contributed by atoms with Gasteiger partial charge in [0.25, 0.3) is 0 Å². The second-order valence-electron chi connectivity index (χ2n) is 3.39. The molecule has 1 rings (SSSR count). The Kier molecular flexibility index (Phi) is 2.30. The lowest BCUT2D eigenvalue weighted by molar-refractivity contribution is -0.140. The number of carbonyl (C=O) groups excluding carboxylic acids is 1. The molecule has 0 radical (unpaired) electrons. The van der Waals surface area contributed by atoms with Crippen LogP contribution in [-0.2, 0) is 4.79 Å². The molecule has 0 spiro atoms. The van der Waals surface area contributed by atoms with Crippen LogP contribution in [0.1, 0.15) is 26.2 Å². The highest BCUT2D eigenvalue weighted by Gasteiger charge is 2.38. The maximum atomic E-state index is 10.8. The Hall–Kier alpha value is -0.410. The van der Waals surface area contributed by atoms with Crippen LogP contribution in [0.2, 0.25) is 0 Å². The van der Waals surface area contributed by atoms with Crippen LogP contribution in [0.3, 0.4) is 0 Å². The Labute approximate surface area is 66.0 Å². The molecule has 2 N–H and O–H groups in total.